The van der Waals surface area contributed by atoms with Gasteiger partial charge in [0.05, 0.1) is 4.92 Å². The van der Waals surface area contributed by atoms with Gasteiger partial charge in [-0.05, 0) is 19.4 Å². The summed E-state index contributed by atoms with van der Waals surface area (Å²) < 4.78 is 0. The monoisotopic (exact) mass is 296 g/mol. The Morgan fingerprint density at radius 1 is 1.00 bits per heavy atom. The van der Waals surface area contributed by atoms with E-state index >= 15 is 0 Å². The maximum Gasteiger partial charge on any atom is 0.293 e. The minimum Gasteiger partial charge on any atom is -0.366 e. The van der Waals surface area contributed by atoms with Gasteiger partial charge in [-0.15, -0.1) is 0 Å². The summed E-state index contributed by atoms with van der Waals surface area (Å²) in [5.74, 6) is 0. The Balaban J connectivity index is 2.48. The zero-order valence-electron chi connectivity index (χ0n) is 12.9. The van der Waals surface area contributed by atoms with Crippen LogP contribution in [0.25, 0.3) is 12.2 Å². The number of nitro groups is 1. The zero-order chi connectivity index (χ0) is 15.9. The molecule has 0 unspecified atom stereocenters. The lowest BCUT2D eigenvalue weighted by atomic mass is 10.1. The fourth-order valence-electron chi connectivity index (χ4n) is 2.47. The standard InChI is InChI=1S/C18H20N2O2/c1-3-19(4-2)18-16(11-8-12-17(18)20(21)22)14-13-15-9-6-5-7-10-15/h5-14H,3-4H2,1-2H3. The third kappa shape index (κ3) is 3.52. The molecule has 0 spiro atoms. The molecule has 0 heterocycles. The second-order valence-corrected chi connectivity index (χ2v) is 4.89. The van der Waals surface area contributed by atoms with E-state index in [1.165, 1.54) is 0 Å². The predicted molar refractivity (Wildman–Crippen MR) is 92.0 cm³/mol. The van der Waals surface area contributed by atoms with E-state index in [9.17, 15) is 10.1 Å². The van der Waals surface area contributed by atoms with Gasteiger partial charge in [-0.2, -0.15) is 0 Å². The molecule has 4 heteroatoms. The van der Waals surface area contributed by atoms with Gasteiger partial charge in [0.1, 0.15) is 5.69 Å². The second kappa shape index (κ2) is 7.41. The Labute approximate surface area is 130 Å². The van der Waals surface area contributed by atoms with Crippen molar-refractivity contribution in [3.8, 4) is 0 Å². The number of rotatable bonds is 6. The number of hydrogen-bond donors (Lipinski definition) is 0. The van der Waals surface area contributed by atoms with Crippen LogP contribution in [0.3, 0.4) is 0 Å². The molecular formula is C18H20N2O2. The fourth-order valence-corrected chi connectivity index (χ4v) is 2.47. The molecule has 0 fully saturated rings. The van der Waals surface area contributed by atoms with E-state index < -0.39 is 0 Å². The van der Waals surface area contributed by atoms with Crippen molar-refractivity contribution < 1.29 is 4.92 Å². The van der Waals surface area contributed by atoms with Crippen molar-refractivity contribution in [1.82, 2.24) is 0 Å². The minimum absolute atomic E-state index is 0.152. The van der Waals surface area contributed by atoms with E-state index in [1.54, 1.807) is 12.1 Å². The molecule has 0 aliphatic carbocycles. The van der Waals surface area contributed by atoms with Crippen LogP contribution in [0.1, 0.15) is 25.0 Å². The summed E-state index contributed by atoms with van der Waals surface area (Å²) in [6, 6.07) is 15.1. The first-order chi connectivity index (χ1) is 10.7. The minimum atomic E-state index is -0.312. The summed E-state index contributed by atoms with van der Waals surface area (Å²) in [6.45, 7) is 5.47. The number of benzene rings is 2. The molecular weight excluding hydrogens is 276 g/mol. The second-order valence-electron chi connectivity index (χ2n) is 4.89. The first kappa shape index (κ1) is 15.8. The van der Waals surface area contributed by atoms with Crippen molar-refractivity contribution in [2.24, 2.45) is 0 Å². The van der Waals surface area contributed by atoms with Crippen LogP contribution >= 0.6 is 0 Å². The molecule has 2 aromatic rings. The van der Waals surface area contributed by atoms with E-state index in [-0.39, 0.29) is 10.6 Å². The van der Waals surface area contributed by atoms with Crippen LogP contribution in [-0.2, 0) is 0 Å². The highest BCUT2D eigenvalue weighted by molar-refractivity contribution is 5.82. The Kier molecular flexibility index (Phi) is 5.31. The quantitative estimate of drug-likeness (QED) is 0.444. The van der Waals surface area contributed by atoms with Crippen molar-refractivity contribution in [2.45, 2.75) is 13.8 Å². The van der Waals surface area contributed by atoms with Crippen LogP contribution in [0.5, 0.6) is 0 Å². The number of nitro benzene ring substituents is 1. The Hall–Kier alpha value is -2.62. The van der Waals surface area contributed by atoms with Gasteiger partial charge in [0.15, 0.2) is 0 Å². The van der Waals surface area contributed by atoms with Crippen LogP contribution in [0, 0.1) is 10.1 Å². The SMILES string of the molecule is CCN(CC)c1c(C=Cc2ccccc2)cccc1[N+](=O)[O-]. The topological polar surface area (TPSA) is 46.4 Å². The van der Waals surface area contributed by atoms with Gasteiger partial charge < -0.3 is 4.90 Å². The number of hydrogen-bond acceptors (Lipinski definition) is 3. The van der Waals surface area contributed by atoms with Gasteiger partial charge in [-0.25, -0.2) is 0 Å². The van der Waals surface area contributed by atoms with Crippen molar-refractivity contribution in [3.05, 3.63) is 69.8 Å². The summed E-state index contributed by atoms with van der Waals surface area (Å²) in [4.78, 5) is 13.0. The first-order valence-corrected chi connectivity index (χ1v) is 7.42. The molecule has 2 rings (SSSR count). The van der Waals surface area contributed by atoms with Gasteiger partial charge in [0.25, 0.3) is 5.69 Å². The van der Waals surface area contributed by atoms with E-state index in [4.69, 9.17) is 0 Å². The summed E-state index contributed by atoms with van der Waals surface area (Å²) in [5.41, 5.74) is 2.77. The lowest BCUT2D eigenvalue weighted by Crippen LogP contribution is -2.23. The molecule has 4 nitrogen and oxygen atoms in total. The summed E-state index contributed by atoms with van der Waals surface area (Å²) in [5, 5.41) is 11.3. The fraction of sp³-hybridized carbons (Fsp3) is 0.222. The number of para-hydroxylation sites is 1. The first-order valence-electron chi connectivity index (χ1n) is 7.42. The zero-order valence-corrected chi connectivity index (χ0v) is 12.9. The van der Waals surface area contributed by atoms with Crippen molar-refractivity contribution in [3.63, 3.8) is 0 Å². The average Bonchev–Trinajstić information content (AvgIpc) is 2.55. The summed E-state index contributed by atoms with van der Waals surface area (Å²) >= 11 is 0. The Bertz CT molecular complexity index is 662. The lowest BCUT2D eigenvalue weighted by molar-refractivity contribution is -0.384. The molecule has 0 N–H and O–H groups in total. The summed E-state index contributed by atoms with van der Waals surface area (Å²) in [6.07, 6.45) is 3.92. The molecule has 2 aromatic carbocycles. The molecule has 0 saturated heterocycles. The summed E-state index contributed by atoms with van der Waals surface area (Å²) in [7, 11) is 0. The van der Waals surface area contributed by atoms with Crippen molar-refractivity contribution >= 4 is 23.5 Å². The van der Waals surface area contributed by atoms with Crippen LogP contribution in [-0.4, -0.2) is 18.0 Å². The molecule has 0 bridgehead atoms. The maximum absolute atomic E-state index is 11.3. The number of nitrogens with zero attached hydrogens (tertiary/aromatic N) is 2. The van der Waals surface area contributed by atoms with Crippen molar-refractivity contribution in [1.29, 1.82) is 0 Å². The van der Waals surface area contributed by atoms with Crippen LogP contribution < -0.4 is 4.90 Å². The van der Waals surface area contributed by atoms with Crippen LogP contribution in [0.2, 0.25) is 0 Å². The van der Waals surface area contributed by atoms with E-state index in [2.05, 4.69) is 0 Å². The normalized spacial score (nSPS) is 10.8. The Morgan fingerprint density at radius 3 is 2.27 bits per heavy atom. The lowest BCUT2D eigenvalue weighted by Gasteiger charge is -2.22. The van der Waals surface area contributed by atoms with E-state index in [0.29, 0.717) is 5.69 Å². The highest BCUT2D eigenvalue weighted by Crippen LogP contribution is 2.33. The molecule has 0 radical (unpaired) electrons. The highest BCUT2D eigenvalue weighted by Gasteiger charge is 2.20. The van der Waals surface area contributed by atoms with Gasteiger partial charge >= 0.3 is 0 Å². The molecule has 0 amide bonds. The molecule has 0 aromatic heterocycles. The maximum atomic E-state index is 11.3. The number of anilines is 1. The molecule has 0 aliphatic heterocycles. The molecule has 114 valence electrons. The predicted octanol–water partition coefficient (Wildman–Crippen LogP) is 4.61. The molecule has 0 saturated carbocycles. The molecule has 22 heavy (non-hydrogen) atoms. The molecule has 0 atom stereocenters. The van der Waals surface area contributed by atoms with E-state index in [1.807, 2.05) is 67.3 Å². The van der Waals surface area contributed by atoms with Crippen LogP contribution in [0.4, 0.5) is 11.4 Å². The van der Waals surface area contributed by atoms with Crippen molar-refractivity contribution in [2.75, 3.05) is 18.0 Å². The van der Waals surface area contributed by atoms with Crippen LogP contribution in [0.15, 0.2) is 48.5 Å². The molecule has 0 aliphatic rings. The van der Waals surface area contributed by atoms with Gasteiger partial charge in [-0.3, -0.25) is 10.1 Å². The average molecular weight is 296 g/mol. The third-order valence-electron chi connectivity index (χ3n) is 3.58. The van der Waals surface area contributed by atoms with Gasteiger partial charge in [0, 0.05) is 24.7 Å². The van der Waals surface area contributed by atoms with E-state index in [0.717, 1.165) is 24.2 Å². The Morgan fingerprint density at radius 2 is 1.68 bits per heavy atom. The van der Waals surface area contributed by atoms with Gasteiger partial charge in [0.2, 0.25) is 0 Å². The van der Waals surface area contributed by atoms with Gasteiger partial charge in [-0.1, -0.05) is 54.6 Å². The largest absolute Gasteiger partial charge is 0.366 e. The highest BCUT2D eigenvalue weighted by atomic mass is 16.6. The smallest absolute Gasteiger partial charge is 0.293 e. The third-order valence-corrected chi connectivity index (χ3v) is 3.58.